The molecular weight excluding hydrogens is 346 g/mol. The molecular formula is C12H17Br2N3. The van der Waals surface area contributed by atoms with Crippen molar-refractivity contribution >= 4 is 37.7 Å². The number of hydrogen-bond acceptors (Lipinski definition) is 3. The van der Waals surface area contributed by atoms with Crippen LogP contribution in [0.25, 0.3) is 0 Å². The highest BCUT2D eigenvalue weighted by Crippen LogP contribution is 2.27. The Hall–Kier alpha value is -0.130. The van der Waals surface area contributed by atoms with Crippen LogP contribution in [0.1, 0.15) is 6.42 Å². The zero-order valence-corrected chi connectivity index (χ0v) is 13.3. The first-order chi connectivity index (χ1) is 8.06. The minimum Gasteiger partial charge on any atom is -0.358 e. The van der Waals surface area contributed by atoms with Gasteiger partial charge in [-0.1, -0.05) is 0 Å². The van der Waals surface area contributed by atoms with E-state index in [1.165, 1.54) is 19.5 Å². The maximum Gasteiger partial charge on any atom is 0.142 e. The molecule has 0 aliphatic carbocycles. The standard InChI is InChI=1S/C12H17Br2N3/c1-16-4-3-9(7-16)8-17(2)12-11(14)5-10(13)6-15-12/h5-6,9H,3-4,7-8H2,1-2H3. The van der Waals surface area contributed by atoms with Crippen LogP contribution in [0.5, 0.6) is 0 Å². The molecule has 1 saturated heterocycles. The summed E-state index contributed by atoms with van der Waals surface area (Å²) in [4.78, 5) is 9.09. The van der Waals surface area contributed by atoms with E-state index < -0.39 is 0 Å². The molecule has 1 fully saturated rings. The first-order valence-electron chi connectivity index (χ1n) is 5.77. The van der Waals surface area contributed by atoms with E-state index in [2.05, 4.69) is 60.7 Å². The van der Waals surface area contributed by atoms with Crippen LogP contribution >= 0.6 is 31.9 Å². The summed E-state index contributed by atoms with van der Waals surface area (Å²) in [7, 11) is 4.30. The normalized spacial score (nSPS) is 20.8. The Morgan fingerprint density at radius 2 is 2.29 bits per heavy atom. The van der Waals surface area contributed by atoms with Gasteiger partial charge in [-0.2, -0.15) is 0 Å². The maximum atomic E-state index is 4.46. The van der Waals surface area contributed by atoms with E-state index >= 15 is 0 Å². The maximum absolute atomic E-state index is 4.46. The minimum atomic E-state index is 0.752. The third-order valence-corrected chi connectivity index (χ3v) is 4.19. The number of rotatable bonds is 3. The molecule has 0 amide bonds. The average molecular weight is 363 g/mol. The predicted octanol–water partition coefficient (Wildman–Crippen LogP) is 2.99. The van der Waals surface area contributed by atoms with Gasteiger partial charge in [-0.15, -0.1) is 0 Å². The van der Waals surface area contributed by atoms with Crippen LogP contribution in [0.4, 0.5) is 5.82 Å². The molecule has 0 saturated carbocycles. The molecule has 2 heterocycles. The van der Waals surface area contributed by atoms with E-state index in [1.54, 1.807) is 0 Å². The van der Waals surface area contributed by atoms with Gasteiger partial charge in [0.05, 0.1) is 4.47 Å². The molecule has 1 aliphatic rings. The third-order valence-electron chi connectivity index (χ3n) is 3.17. The lowest BCUT2D eigenvalue weighted by Gasteiger charge is -2.23. The summed E-state index contributed by atoms with van der Waals surface area (Å²) in [6.45, 7) is 3.48. The van der Waals surface area contributed by atoms with Crippen molar-refractivity contribution in [1.82, 2.24) is 9.88 Å². The van der Waals surface area contributed by atoms with E-state index in [1.807, 2.05) is 12.3 Å². The fourth-order valence-corrected chi connectivity index (χ4v) is 3.63. The van der Waals surface area contributed by atoms with Gasteiger partial charge in [-0.3, -0.25) is 0 Å². The zero-order chi connectivity index (χ0) is 12.4. The van der Waals surface area contributed by atoms with E-state index in [-0.39, 0.29) is 0 Å². The van der Waals surface area contributed by atoms with Crippen molar-refractivity contribution in [2.45, 2.75) is 6.42 Å². The molecule has 2 rings (SSSR count). The van der Waals surface area contributed by atoms with Crippen LogP contribution in [0.15, 0.2) is 21.2 Å². The van der Waals surface area contributed by atoms with Gasteiger partial charge in [-0.25, -0.2) is 4.98 Å². The van der Waals surface area contributed by atoms with Crippen molar-refractivity contribution in [3.05, 3.63) is 21.2 Å². The molecule has 1 aromatic rings. The fourth-order valence-electron chi connectivity index (χ4n) is 2.34. The zero-order valence-electron chi connectivity index (χ0n) is 10.2. The average Bonchev–Trinajstić information content (AvgIpc) is 2.63. The number of aromatic nitrogens is 1. The van der Waals surface area contributed by atoms with Gasteiger partial charge in [-0.05, 0) is 63.9 Å². The Balaban J connectivity index is 2.01. The highest BCUT2D eigenvalue weighted by molar-refractivity contribution is 9.11. The number of halogens is 2. The second-order valence-corrected chi connectivity index (χ2v) is 6.53. The van der Waals surface area contributed by atoms with Crippen molar-refractivity contribution in [2.24, 2.45) is 5.92 Å². The fraction of sp³-hybridized carbons (Fsp3) is 0.583. The number of nitrogens with zero attached hydrogens (tertiary/aromatic N) is 3. The molecule has 17 heavy (non-hydrogen) atoms. The predicted molar refractivity (Wildman–Crippen MR) is 78.5 cm³/mol. The molecule has 1 atom stereocenters. The van der Waals surface area contributed by atoms with Crippen LogP contribution in [0.2, 0.25) is 0 Å². The molecule has 1 aliphatic heterocycles. The Morgan fingerprint density at radius 3 is 2.88 bits per heavy atom. The molecule has 0 N–H and O–H groups in total. The number of likely N-dealkylation sites (tertiary alicyclic amines) is 1. The molecule has 0 spiro atoms. The SMILES string of the molecule is CN1CCC(CN(C)c2ncc(Br)cc2Br)C1. The minimum absolute atomic E-state index is 0.752. The van der Waals surface area contributed by atoms with Crippen molar-refractivity contribution in [2.75, 3.05) is 38.6 Å². The molecule has 0 bridgehead atoms. The Labute approximate surface area is 119 Å². The van der Waals surface area contributed by atoms with Crippen molar-refractivity contribution < 1.29 is 0 Å². The summed E-state index contributed by atoms with van der Waals surface area (Å²) in [5, 5.41) is 0. The van der Waals surface area contributed by atoms with Gasteiger partial charge in [0.1, 0.15) is 5.82 Å². The number of pyridine rings is 1. The summed E-state index contributed by atoms with van der Waals surface area (Å²) in [6, 6.07) is 2.04. The highest BCUT2D eigenvalue weighted by Gasteiger charge is 2.21. The smallest absolute Gasteiger partial charge is 0.142 e. The van der Waals surface area contributed by atoms with Gasteiger partial charge in [0.25, 0.3) is 0 Å². The molecule has 0 radical (unpaired) electrons. The lowest BCUT2D eigenvalue weighted by molar-refractivity contribution is 0.395. The van der Waals surface area contributed by atoms with Crippen LogP contribution in [0, 0.1) is 5.92 Å². The first-order valence-corrected chi connectivity index (χ1v) is 7.35. The summed E-state index contributed by atoms with van der Waals surface area (Å²) in [6.07, 6.45) is 3.13. The van der Waals surface area contributed by atoms with Crippen LogP contribution in [0.3, 0.4) is 0 Å². The van der Waals surface area contributed by atoms with Crippen LogP contribution in [-0.4, -0.2) is 43.6 Å². The summed E-state index contributed by atoms with van der Waals surface area (Å²) >= 11 is 6.99. The van der Waals surface area contributed by atoms with E-state index in [4.69, 9.17) is 0 Å². The lowest BCUT2D eigenvalue weighted by Crippen LogP contribution is -2.28. The second kappa shape index (κ2) is 5.67. The molecule has 5 heteroatoms. The van der Waals surface area contributed by atoms with Gasteiger partial charge in [0.2, 0.25) is 0 Å². The molecule has 3 nitrogen and oxygen atoms in total. The Bertz CT molecular complexity index is 397. The summed E-state index contributed by atoms with van der Waals surface area (Å²) < 4.78 is 2.04. The first kappa shape index (κ1) is 13.3. The van der Waals surface area contributed by atoms with Crippen molar-refractivity contribution in [3.63, 3.8) is 0 Å². The summed E-state index contributed by atoms with van der Waals surface area (Å²) in [5.41, 5.74) is 0. The topological polar surface area (TPSA) is 19.4 Å². The largest absolute Gasteiger partial charge is 0.358 e. The lowest BCUT2D eigenvalue weighted by atomic mass is 10.1. The van der Waals surface area contributed by atoms with Gasteiger partial charge < -0.3 is 9.80 Å². The quantitative estimate of drug-likeness (QED) is 0.823. The second-order valence-electron chi connectivity index (χ2n) is 4.76. The van der Waals surface area contributed by atoms with Crippen molar-refractivity contribution in [1.29, 1.82) is 0 Å². The number of anilines is 1. The Kier molecular flexibility index (Phi) is 4.44. The molecule has 1 unspecified atom stereocenters. The third kappa shape index (κ3) is 3.42. The Morgan fingerprint density at radius 1 is 1.53 bits per heavy atom. The molecule has 1 aromatic heterocycles. The number of hydrogen-bond donors (Lipinski definition) is 0. The highest BCUT2D eigenvalue weighted by atomic mass is 79.9. The van der Waals surface area contributed by atoms with Crippen LogP contribution < -0.4 is 4.90 Å². The van der Waals surface area contributed by atoms with Crippen LogP contribution in [-0.2, 0) is 0 Å². The summed E-state index contributed by atoms with van der Waals surface area (Å²) in [5.74, 6) is 1.77. The van der Waals surface area contributed by atoms with E-state index in [9.17, 15) is 0 Å². The van der Waals surface area contributed by atoms with Gasteiger partial charge in [0, 0.05) is 30.8 Å². The van der Waals surface area contributed by atoms with E-state index in [0.29, 0.717) is 0 Å². The van der Waals surface area contributed by atoms with Gasteiger partial charge in [0.15, 0.2) is 0 Å². The van der Waals surface area contributed by atoms with Gasteiger partial charge >= 0.3 is 0 Å². The van der Waals surface area contributed by atoms with Crippen molar-refractivity contribution in [3.8, 4) is 0 Å². The molecule has 0 aromatic carbocycles. The molecule has 94 valence electrons. The van der Waals surface area contributed by atoms with E-state index in [0.717, 1.165) is 27.2 Å². The monoisotopic (exact) mass is 361 g/mol.